The predicted octanol–water partition coefficient (Wildman–Crippen LogP) is 1.01. The molecule has 4 aliphatic rings. The van der Waals surface area contributed by atoms with Crippen LogP contribution in [-0.2, 0) is 19.1 Å². The van der Waals surface area contributed by atoms with Gasteiger partial charge in [0.15, 0.2) is 5.78 Å². The van der Waals surface area contributed by atoms with E-state index in [1.54, 1.807) is 7.11 Å². The second-order valence-electron chi connectivity index (χ2n) is 6.33. The molecule has 5 nitrogen and oxygen atoms in total. The fraction of sp³-hybridized carbons (Fsp3) is 0.867. The van der Waals surface area contributed by atoms with E-state index >= 15 is 0 Å². The van der Waals surface area contributed by atoms with E-state index in [1.165, 1.54) is 0 Å². The van der Waals surface area contributed by atoms with Crippen molar-refractivity contribution < 1.29 is 19.1 Å². The van der Waals surface area contributed by atoms with Crippen LogP contribution in [0.15, 0.2) is 0 Å². The van der Waals surface area contributed by atoms with Gasteiger partial charge in [-0.2, -0.15) is 0 Å². The Labute approximate surface area is 119 Å². The fourth-order valence-electron chi connectivity index (χ4n) is 3.66. The van der Waals surface area contributed by atoms with Crippen LogP contribution < -0.4 is 0 Å². The molecule has 3 heterocycles. The summed E-state index contributed by atoms with van der Waals surface area (Å²) in [6, 6.07) is 0. The number of methoxy groups -OCH3 is 1. The molecule has 1 saturated carbocycles. The first-order chi connectivity index (χ1) is 9.67. The van der Waals surface area contributed by atoms with E-state index < -0.39 is 5.54 Å². The molecule has 1 aliphatic carbocycles. The van der Waals surface area contributed by atoms with Gasteiger partial charge in [0.25, 0.3) is 0 Å². The van der Waals surface area contributed by atoms with Gasteiger partial charge in [0.05, 0.1) is 12.5 Å². The lowest BCUT2D eigenvalue weighted by atomic mass is 9.74. The Kier molecular flexibility index (Phi) is 3.82. The molecule has 3 saturated heterocycles. The molecule has 0 radical (unpaired) electrons. The summed E-state index contributed by atoms with van der Waals surface area (Å²) in [5.41, 5.74) is -0.727. The minimum absolute atomic E-state index is 0.0560. The summed E-state index contributed by atoms with van der Waals surface area (Å²) in [6.07, 6.45) is 4.82. The number of piperidine rings is 3. The third-order valence-corrected chi connectivity index (χ3v) is 5.20. The quantitative estimate of drug-likeness (QED) is 0.704. The molecule has 0 N–H and O–H groups in total. The van der Waals surface area contributed by atoms with Crippen molar-refractivity contribution in [2.45, 2.75) is 37.6 Å². The average Bonchev–Trinajstić information content (AvgIpc) is 2.40. The van der Waals surface area contributed by atoms with Gasteiger partial charge in [-0.3, -0.25) is 14.5 Å². The minimum atomic E-state index is -0.727. The molecule has 20 heavy (non-hydrogen) atoms. The minimum Gasteiger partial charge on any atom is -0.463 e. The van der Waals surface area contributed by atoms with Gasteiger partial charge in [0.1, 0.15) is 12.1 Å². The Balaban J connectivity index is 1.70. The maximum absolute atomic E-state index is 12.7. The van der Waals surface area contributed by atoms with E-state index in [2.05, 4.69) is 4.90 Å². The second-order valence-corrected chi connectivity index (χ2v) is 6.33. The summed E-state index contributed by atoms with van der Waals surface area (Å²) in [6.45, 7) is 2.28. The van der Waals surface area contributed by atoms with Crippen molar-refractivity contribution in [3.8, 4) is 0 Å². The Morgan fingerprint density at radius 3 is 2.45 bits per heavy atom. The van der Waals surface area contributed by atoms with Crippen LogP contribution in [-0.4, -0.2) is 55.6 Å². The van der Waals surface area contributed by atoms with E-state index in [9.17, 15) is 9.59 Å². The zero-order valence-electron chi connectivity index (χ0n) is 12.1. The molecule has 0 aromatic rings. The molecule has 3 aliphatic heterocycles. The third kappa shape index (κ3) is 2.17. The number of ketones is 1. The number of hydrogen-bond donors (Lipinski definition) is 0. The predicted molar refractivity (Wildman–Crippen MR) is 72.2 cm³/mol. The Bertz CT molecular complexity index is 399. The number of nitrogens with zero attached hydrogens (tertiary/aromatic N) is 1. The van der Waals surface area contributed by atoms with Gasteiger partial charge in [-0.15, -0.1) is 0 Å². The Morgan fingerprint density at radius 2 is 1.95 bits per heavy atom. The highest BCUT2D eigenvalue weighted by Gasteiger charge is 2.54. The van der Waals surface area contributed by atoms with Crippen LogP contribution in [0.2, 0.25) is 0 Å². The summed E-state index contributed by atoms with van der Waals surface area (Å²) in [4.78, 5) is 26.7. The van der Waals surface area contributed by atoms with Crippen LogP contribution in [0.25, 0.3) is 0 Å². The van der Waals surface area contributed by atoms with Crippen molar-refractivity contribution in [3.63, 3.8) is 0 Å². The fourth-order valence-corrected chi connectivity index (χ4v) is 3.66. The number of rotatable bonds is 5. The highest BCUT2D eigenvalue weighted by Crippen LogP contribution is 2.37. The molecule has 112 valence electrons. The number of carbonyl (C=O) groups excluding carboxylic acids is 2. The number of carbonyl (C=O) groups is 2. The largest absolute Gasteiger partial charge is 0.463 e. The number of fused-ring (bicyclic) bond motifs is 3. The number of hydrogen-bond acceptors (Lipinski definition) is 5. The number of esters is 1. The van der Waals surface area contributed by atoms with Crippen LogP contribution in [0.3, 0.4) is 0 Å². The molecule has 1 unspecified atom stereocenters. The van der Waals surface area contributed by atoms with E-state index in [-0.39, 0.29) is 30.2 Å². The Morgan fingerprint density at radius 1 is 1.25 bits per heavy atom. The lowest BCUT2D eigenvalue weighted by Crippen LogP contribution is -2.69. The maximum Gasteiger partial charge on any atom is 0.309 e. The second kappa shape index (κ2) is 5.45. The first-order valence-corrected chi connectivity index (χ1v) is 7.62. The first-order valence-electron chi connectivity index (χ1n) is 7.62. The molecule has 4 rings (SSSR count). The first kappa shape index (κ1) is 14.0. The Hall–Kier alpha value is -0.940. The molecular weight excluding hydrogens is 258 g/mol. The van der Waals surface area contributed by atoms with Crippen LogP contribution in [0.4, 0.5) is 0 Å². The van der Waals surface area contributed by atoms with Crippen molar-refractivity contribution in [3.05, 3.63) is 0 Å². The maximum atomic E-state index is 12.7. The zero-order valence-corrected chi connectivity index (χ0v) is 12.1. The summed E-state index contributed by atoms with van der Waals surface area (Å²) in [7, 11) is 1.60. The van der Waals surface area contributed by atoms with Crippen molar-refractivity contribution in [2.24, 2.45) is 11.8 Å². The van der Waals surface area contributed by atoms with Gasteiger partial charge < -0.3 is 9.47 Å². The van der Waals surface area contributed by atoms with Gasteiger partial charge in [-0.25, -0.2) is 0 Å². The summed E-state index contributed by atoms with van der Waals surface area (Å²) in [5.74, 6) is 0.249. The molecule has 1 atom stereocenters. The van der Waals surface area contributed by atoms with Crippen LogP contribution >= 0.6 is 0 Å². The van der Waals surface area contributed by atoms with Crippen molar-refractivity contribution >= 4 is 11.8 Å². The standard InChI is InChI=1S/C15H23NO4/c1-19-9-15(10-20-14(18)12-3-2-4-12)13(17)11-5-7-16(15)8-6-11/h11-12H,2-10H2,1H3. The molecule has 0 spiro atoms. The summed E-state index contributed by atoms with van der Waals surface area (Å²) >= 11 is 0. The van der Waals surface area contributed by atoms with Crippen LogP contribution in [0, 0.1) is 11.8 Å². The summed E-state index contributed by atoms with van der Waals surface area (Å²) < 4.78 is 10.8. The normalized spacial score (nSPS) is 36.8. The molecule has 0 aromatic heterocycles. The van der Waals surface area contributed by atoms with Crippen LogP contribution in [0.1, 0.15) is 32.1 Å². The molecule has 2 bridgehead atoms. The average molecular weight is 281 g/mol. The summed E-state index contributed by atoms with van der Waals surface area (Å²) in [5, 5.41) is 0. The number of ether oxygens (including phenoxy) is 2. The lowest BCUT2D eigenvalue weighted by molar-refractivity contribution is -0.171. The SMILES string of the molecule is COCC1(COC(=O)C2CCC2)C(=O)C2CCN1CC2. The van der Waals surface area contributed by atoms with Gasteiger partial charge in [0, 0.05) is 26.1 Å². The van der Waals surface area contributed by atoms with Gasteiger partial charge >= 0.3 is 5.97 Å². The zero-order chi connectivity index (χ0) is 14.2. The highest BCUT2D eigenvalue weighted by atomic mass is 16.5. The third-order valence-electron chi connectivity index (χ3n) is 5.20. The van der Waals surface area contributed by atoms with E-state index in [0.717, 1.165) is 45.2 Å². The monoisotopic (exact) mass is 281 g/mol. The van der Waals surface area contributed by atoms with Gasteiger partial charge in [-0.05, 0) is 25.7 Å². The van der Waals surface area contributed by atoms with E-state index in [1.807, 2.05) is 0 Å². The smallest absolute Gasteiger partial charge is 0.309 e. The number of Topliss-reactive ketones (excluding diaryl/α,β-unsaturated/α-hetero) is 1. The van der Waals surface area contributed by atoms with Crippen molar-refractivity contribution in [1.82, 2.24) is 4.90 Å². The topological polar surface area (TPSA) is 55.8 Å². The van der Waals surface area contributed by atoms with Gasteiger partial charge in [-0.1, -0.05) is 6.42 Å². The van der Waals surface area contributed by atoms with Gasteiger partial charge in [0.2, 0.25) is 0 Å². The van der Waals surface area contributed by atoms with Crippen LogP contribution in [0.5, 0.6) is 0 Å². The molecule has 5 heteroatoms. The highest BCUT2D eigenvalue weighted by molar-refractivity contribution is 5.92. The molecule has 0 aromatic carbocycles. The van der Waals surface area contributed by atoms with E-state index in [0.29, 0.717) is 6.61 Å². The van der Waals surface area contributed by atoms with Crippen molar-refractivity contribution in [2.75, 3.05) is 33.4 Å². The van der Waals surface area contributed by atoms with E-state index in [4.69, 9.17) is 9.47 Å². The molecule has 0 amide bonds. The lowest BCUT2D eigenvalue weighted by Gasteiger charge is -2.51. The molecular formula is C15H23NO4. The molecule has 4 fully saturated rings. The van der Waals surface area contributed by atoms with Crippen molar-refractivity contribution in [1.29, 1.82) is 0 Å².